The van der Waals surface area contributed by atoms with Gasteiger partial charge in [-0.3, -0.25) is 0 Å². The molecule has 0 amide bonds. The molecule has 0 heterocycles. The molecule has 1 heteroatoms. The molecule has 0 radical (unpaired) electrons. The minimum atomic E-state index is -0.132. The maximum Gasteiger partial charge on any atom is 0.0619 e. The second-order valence-electron chi connectivity index (χ2n) is 14.1. The van der Waals surface area contributed by atoms with Crippen LogP contribution in [0.5, 0.6) is 0 Å². The van der Waals surface area contributed by atoms with E-state index < -0.39 is 0 Å². The van der Waals surface area contributed by atoms with Gasteiger partial charge >= 0.3 is 0 Å². The van der Waals surface area contributed by atoms with Crippen LogP contribution in [-0.4, -0.2) is 0 Å². The molecule has 0 saturated carbocycles. The Labute approximate surface area is 307 Å². The maximum atomic E-state index is 2.53. The van der Waals surface area contributed by atoms with Crippen molar-refractivity contribution in [3.05, 3.63) is 211 Å². The zero-order valence-corrected chi connectivity index (χ0v) is 29.5. The number of rotatable bonds is 7. The molecule has 0 N–H and O–H groups in total. The van der Waals surface area contributed by atoms with E-state index in [9.17, 15) is 0 Å². The smallest absolute Gasteiger partial charge is 0.0619 e. The van der Waals surface area contributed by atoms with Gasteiger partial charge in [0.2, 0.25) is 0 Å². The summed E-state index contributed by atoms with van der Waals surface area (Å²) in [5.74, 6) is 0. The van der Waals surface area contributed by atoms with Crippen LogP contribution in [0, 0.1) is 0 Å². The summed E-state index contributed by atoms with van der Waals surface area (Å²) < 4.78 is 0. The fourth-order valence-electron chi connectivity index (χ4n) is 8.09. The first-order chi connectivity index (χ1) is 25.6. The van der Waals surface area contributed by atoms with Gasteiger partial charge in [-0.15, -0.1) is 0 Å². The van der Waals surface area contributed by atoms with Crippen LogP contribution in [0.2, 0.25) is 0 Å². The summed E-state index contributed by atoms with van der Waals surface area (Å²) in [6.45, 7) is 4.72. The minimum Gasteiger partial charge on any atom is -0.309 e. The van der Waals surface area contributed by atoms with Crippen molar-refractivity contribution in [1.29, 1.82) is 0 Å². The van der Waals surface area contributed by atoms with Crippen LogP contribution in [0.15, 0.2) is 200 Å². The van der Waals surface area contributed by atoms with Crippen molar-refractivity contribution in [1.82, 2.24) is 0 Å². The zero-order valence-electron chi connectivity index (χ0n) is 29.5. The predicted octanol–water partition coefficient (Wildman–Crippen LogP) is 14.1. The molecule has 1 aliphatic carbocycles. The average molecular weight is 666 g/mol. The Kier molecular flexibility index (Phi) is 7.90. The van der Waals surface area contributed by atoms with Crippen LogP contribution in [0.1, 0.15) is 25.0 Å². The number of hydrogen-bond acceptors (Lipinski definition) is 1. The van der Waals surface area contributed by atoms with E-state index >= 15 is 0 Å². The maximum absolute atomic E-state index is 2.53. The zero-order chi connectivity index (χ0) is 35.1. The molecule has 1 nitrogen and oxygen atoms in total. The summed E-state index contributed by atoms with van der Waals surface area (Å²) in [6, 6.07) is 72.9. The van der Waals surface area contributed by atoms with Gasteiger partial charge in [0.15, 0.2) is 0 Å². The monoisotopic (exact) mass is 665 g/mol. The van der Waals surface area contributed by atoms with E-state index in [1.165, 1.54) is 72.4 Å². The molecule has 8 aromatic rings. The molecule has 0 aliphatic heterocycles. The molecule has 0 spiro atoms. The van der Waals surface area contributed by atoms with Crippen molar-refractivity contribution >= 4 is 17.1 Å². The van der Waals surface area contributed by atoms with Crippen LogP contribution >= 0.6 is 0 Å². The summed E-state index contributed by atoms with van der Waals surface area (Å²) in [4.78, 5) is 2.53. The third-order valence-corrected chi connectivity index (χ3v) is 10.7. The molecule has 9 rings (SSSR count). The van der Waals surface area contributed by atoms with Crippen molar-refractivity contribution in [3.8, 4) is 55.6 Å². The molecule has 0 atom stereocenters. The fraction of sp³-hybridized carbons (Fsp3) is 0.0588. The first-order valence-corrected chi connectivity index (χ1v) is 18.1. The molecular formula is C51H39N. The van der Waals surface area contributed by atoms with Crippen molar-refractivity contribution < 1.29 is 0 Å². The van der Waals surface area contributed by atoms with Crippen molar-refractivity contribution in [2.45, 2.75) is 19.3 Å². The molecule has 0 fully saturated rings. The lowest BCUT2D eigenvalue weighted by Gasteiger charge is -2.33. The lowest BCUT2D eigenvalue weighted by atomic mass is 9.82. The number of benzene rings is 8. The van der Waals surface area contributed by atoms with Crippen LogP contribution < -0.4 is 4.90 Å². The lowest BCUT2D eigenvalue weighted by molar-refractivity contribution is 0.660. The van der Waals surface area contributed by atoms with Gasteiger partial charge in [0, 0.05) is 27.8 Å². The van der Waals surface area contributed by atoms with Gasteiger partial charge in [-0.05, 0) is 80.4 Å². The van der Waals surface area contributed by atoms with Crippen LogP contribution in [0.4, 0.5) is 17.1 Å². The Morgan fingerprint density at radius 3 is 1.35 bits per heavy atom. The van der Waals surface area contributed by atoms with Crippen molar-refractivity contribution in [2.24, 2.45) is 0 Å². The minimum absolute atomic E-state index is 0.132. The van der Waals surface area contributed by atoms with Crippen LogP contribution in [0.25, 0.3) is 55.6 Å². The molecule has 1 aliphatic rings. The second-order valence-corrected chi connectivity index (χ2v) is 14.1. The van der Waals surface area contributed by atoms with Crippen LogP contribution in [-0.2, 0) is 5.41 Å². The molecule has 0 aromatic heterocycles. The largest absolute Gasteiger partial charge is 0.309 e. The summed E-state index contributed by atoms with van der Waals surface area (Å²) in [5, 5.41) is 0. The molecule has 8 aromatic carbocycles. The molecule has 52 heavy (non-hydrogen) atoms. The fourth-order valence-corrected chi connectivity index (χ4v) is 8.09. The molecule has 0 bridgehead atoms. The topological polar surface area (TPSA) is 3.24 Å². The number of hydrogen-bond donors (Lipinski definition) is 0. The summed E-state index contributed by atoms with van der Waals surface area (Å²) >= 11 is 0. The number of fused-ring (bicyclic) bond motifs is 3. The Balaban J connectivity index is 1.40. The van der Waals surface area contributed by atoms with Gasteiger partial charge in [0.1, 0.15) is 0 Å². The van der Waals surface area contributed by atoms with Crippen molar-refractivity contribution in [3.63, 3.8) is 0 Å². The van der Waals surface area contributed by atoms with Gasteiger partial charge in [-0.1, -0.05) is 184 Å². The highest BCUT2D eigenvalue weighted by Gasteiger charge is 2.38. The first-order valence-electron chi connectivity index (χ1n) is 18.1. The third kappa shape index (κ3) is 5.43. The van der Waals surface area contributed by atoms with E-state index in [1.807, 2.05) is 0 Å². The second kappa shape index (κ2) is 13.0. The molecule has 0 saturated heterocycles. The summed E-state index contributed by atoms with van der Waals surface area (Å²) in [7, 11) is 0. The van der Waals surface area contributed by atoms with Gasteiger partial charge in [0.05, 0.1) is 11.4 Å². The van der Waals surface area contributed by atoms with Gasteiger partial charge in [-0.25, -0.2) is 0 Å². The Morgan fingerprint density at radius 2 is 0.788 bits per heavy atom. The van der Waals surface area contributed by atoms with Crippen molar-refractivity contribution in [2.75, 3.05) is 4.90 Å². The predicted molar refractivity (Wildman–Crippen MR) is 220 cm³/mol. The Morgan fingerprint density at radius 1 is 0.346 bits per heavy atom. The number of nitrogens with zero attached hydrogens (tertiary/aromatic N) is 1. The summed E-state index contributed by atoms with van der Waals surface area (Å²) in [5.41, 5.74) is 18.1. The lowest BCUT2D eigenvalue weighted by Crippen LogP contribution is -2.16. The normalized spacial score (nSPS) is 12.6. The van der Waals surface area contributed by atoms with E-state index in [4.69, 9.17) is 0 Å². The van der Waals surface area contributed by atoms with Gasteiger partial charge < -0.3 is 4.90 Å². The standard InChI is InChI=1S/C51H39N/c1-51(2)46-27-16-15-26-43(46)49-47(51)28-17-29-48(49)52(42-32-30-38(31-33-42)36-18-7-3-8-19-36)50-44(39-22-11-5-12-23-39)34-41(37-20-9-4-10-21-37)35-45(50)40-24-13-6-14-25-40/h3-35H,1-2H3. The third-order valence-electron chi connectivity index (χ3n) is 10.7. The van der Waals surface area contributed by atoms with E-state index in [2.05, 4.69) is 219 Å². The molecule has 248 valence electrons. The summed E-state index contributed by atoms with van der Waals surface area (Å²) in [6.07, 6.45) is 0. The molecular weight excluding hydrogens is 627 g/mol. The highest BCUT2D eigenvalue weighted by atomic mass is 15.2. The van der Waals surface area contributed by atoms with Crippen LogP contribution in [0.3, 0.4) is 0 Å². The van der Waals surface area contributed by atoms with E-state index in [1.54, 1.807) is 0 Å². The highest BCUT2D eigenvalue weighted by Crippen LogP contribution is 2.56. The molecule has 0 unspecified atom stereocenters. The SMILES string of the molecule is CC1(C)c2ccccc2-c2c(N(c3ccc(-c4ccccc4)cc3)c3c(-c4ccccc4)cc(-c4ccccc4)cc3-c3ccccc3)cccc21. The average Bonchev–Trinajstić information content (AvgIpc) is 3.46. The van der Waals surface area contributed by atoms with E-state index in [0.29, 0.717) is 0 Å². The quantitative estimate of drug-likeness (QED) is 0.164. The Hall–Kier alpha value is -6.44. The van der Waals surface area contributed by atoms with E-state index in [0.717, 1.165) is 11.4 Å². The number of anilines is 3. The van der Waals surface area contributed by atoms with E-state index in [-0.39, 0.29) is 5.41 Å². The highest BCUT2D eigenvalue weighted by molar-refractivity contribution is 6.04. The van der Waals surface area contributed by atoms with Gasteiger partial charge in [-0.2, -0.15) is 0 Å². The van der Waals surface area contributed by atoms with Gasteiger partial charge in [0.25, 0.3) is 0 Å². The first kappa shape index (κ1) is 31.5. The Bertz CT molecular complexity index is 2440.